The van der Waals surface area contributed by atoms with Crippen LogP contribution in [-0.4, -0.2) is 25.0 Å². The molecule has 0 saturated carbocycles. The molecule has 1 aliphatic rings. The van der Waals surface area contributed by atoms with Gasteiger partial charge in [-0.15, -0.1) is 0 Å². The summed E-state index contributed by atoms with van der Waals surface area (Å²) in [5.41, 5.74) is 7.69. The molecular formula is C14H21N3O. The molecule has 1 fully saturated rings. The quantitative estimate of drug-likeness (QED) is 0.800. The van der Waals surface area contributed by atoms with Gasteiger partial charge in [-0.2, -0.15) is 0 Å². The van der Waals surface area contributed by atoms with Gasteiger partial charge in [0.15, 0.2) is 0 Å². The van der Waals surface area contributed by atoms with Gasteiger partial charge < -0.3 is 16.0 Å². The molecule has 2 rings (SSSR count). The van der Waals surface area contributed by atoms with Crippen molar-refractivity contribution in [3.8, 4) is 0 Å². The Balaban J connectivity index is 1.86. The number of amides is 1. The van der Waals surface area contributed by atoms with E-state index in [0.29, 0.717) is 12.5 Å². The molecule has 4 nitrogen and oxygen atoms in total. The van der Waals surface area contributed by atoms with Crippen LogP contribution in [0.25, 0.3) is 0 Å². The van der Waals surface area contributed by atoms with Crippen LogP contribution in [0.3, 0.4) is 0 Å². The molecule has 0 atom stereocenters. The fraction of sp³-hybridized carbons (Fsp3) is 0.500. The summed E-state index contributed by atoms with van der Waals surface area (Å²) in [5.74, 6) is 0.154. The summed E-state index contributed by atoms with van der Waals surface area (Å²) in [4.78, 5) is 13.7. The van der Waals surface area contributed by atoms with Crippen LogP contribution in [0.5, 0.6) is 0 Å². The lowest BCUT2D eigenvalue weighted by Gasteiger charge is -2.34. The van der Waals surface area contributed by atoms with Gasteiger partial charge in [0.2, 0.25) is 5.91 Å². The summed E-state index contributed by atoms with van der Waals surface area (Å²) in [6.07, 6.45) is 2.59. The number of piperidine rings is 1. The van der Waals surface area contributed by atoms with Gasteiger partial charge in [0.25, 0.3) is 0 Å². The SMILES string of the molecule is CCC(=O)NC1CCN(c2ccc(N)cc2)CC1. The first-order chi connectivity index (χ1) is 8.69. The van der Waals surface area contributed by atoms with E-state index in [1.165, 1.54) is 5.69 Å². The molecule has 0 radical (unpaired) electrons. The highest BCUT2D eigenvalue weighted by Crippen LogP contribution is 2.21. The number of carbonyl (C=O) groups excluding carboxylic acids is 1. The van der Waals surface area contributed by atoms with Crippen molar-refractivity contribution in [2.24, 2.45) is 0 Å². The molecule has 1 aromatic carbocycles. The normalized spacial score (nSPS) is 16.6. The van der Waals surface area contributed by atoms with Crippen molar-refractivity contribution in [3.05, 3.63) is 24.3 Å². The maximum absolute atomic E-state index is 11.3. The molecule has 4 heteroatoms. The maximum Gasteiger partial charge on any atom is 0.219 e. The number of nitrogens with one attached hydrogen (secondary N) is 1. The van der Waals surface area contributed by atoms with E-state index in [2.05, 4.69) is 22.3 Å². The highest BCUT2D eigenvalue weighted by atomic mass is 16.1. The standard InChI is InChI=1S/C14H21N3O/c1-2-14(18)16-12-7-9-17(10-8-12)13-5-3-11(15)4-6-13/h3-6,12H,2,7-10,15H2,1H3,(H,16,18). The van der Waals surface area contributed by atoms with Gasteiger partial charge in [0.1, 0.15) is 0 Å². The van der Waals surface area contributed by atoms with Gasteiger partial charge in [0.05, 0.1) is 0 Å². The van der Waals surface area contributed by atoms with Gasteiger partial charge >= 0.3 is 0 Å². The third-order valence-electron chi connectivity index (χ3n) is 3.44. The molecule has 98 valence electrons. The van der Waals surface area contributed by atoms with Crippen LogP contribution in [0.15, 0.2) is 24.3 Å². The lowest BCUT2D eigenvalue weighted by molar-refractivity contribution is -0.121. The van der Waals surface area contributed by atoms with E-state index in [-0.39, 0.29) is 5.91 Å². The molecule has 0 aromatic heterocycles. The minimum atomic E-state index is 0.154. The Kier molecular flexibility index (Phi) is 4.07. The highest BCUT2D eigenvalue weighted by Gasteiger charge is 2.20. The van der Waals surface area contributed by atoms with E-state index >= 15 is 0 Å². The summed E-state index contributed by atoms with van der Waals surface area (Å²) in [5, 5.41) is 3.06. The second-order valence-electron chi connectivity index (χ2n) is 4.77. The Morgan fingerprint density at radius 1 is 1.33 bits per heavy atom. The van der Waals surface area contributed by atoms with Crippen molar-refractivity contribution in [2.75, 3.05) is 23.7 Å². The monoisotopic (exact) mass is 247 g/mol. The first-order valence-corrected chi connectivity index (χ1v) is 6.59. The Morgan fingerprint density at radius 2 is 1.94 bits per heavy atom. The van der Waals surface area contributed by atoms with Gasteiger partial charge in [-0.3, -0.25) is 4.79 Å². The fourth-order valence-electron chi connectivity index (χ4n) is 2.30. The number of anilines is 2. The number of rotatable bonds is 3. The minimum absolute atomic E-state index is 0.154. The fourth-order valence-corrected chi connectivity index (χ4v) is 2.30. The van der Waals surface area contributed by atoms with Crippen molar-refractivity contribution in [1.82, 2.24) is 5.32 Å². The van der Waals surface area contributed by atoms with Crippen molar-refractivity contribution in [1.29, 1.82) is 0 Å². The second kappa shape index (κ2) is 5.76. The summed E-state index contributed by atoms with van der Waals surface area (Å²) in [6.45, 7) is 3.86. The highest BCUT2D eigenvalue weighted by molar-refractivity contribution is 5.75. The van der Waals surface area contributed by atoms with Crippen LogP contribution in [0.1, 0.15) is 26.2 Å². The number of nitrogen functional groups attached to an aromatic ring is 1. The average molecular weight is 247 g/mol. The van der Waals surface area contributed by atoms with Crippen molar-refractivity contribution in [2.45, 2.75) is 32.2 Å². The maximum atomic E-state index is 11.3. The zero-order valence-electron chi connectivity index (χ0n) is 10.9. The largest absolute Gasteiger partial charge is 0.399 e. The Morgan fingerprint density at radius 3 is 2.50 bits per heavy atom. The molecule has 1 aromatic rings. The third kappa shape index (κ3) is 3.15. The van der Waals surface area contributed by atoms with Crippen LogP contribution in [0.4, 0.5) is 11.4 Å². The molecule has 3 N–H and O–H groups in total. The first-order valence-electron chi connectivity index (χ1n) is 6.59. The summed E-state index contributed by atoms with van der Waals surface area (Å²) >= 11 is 0. The zero-order valence-corrected chi connectivity index (χ0v) is 10.9. The Bertz CT molecular complexity index is 394. The van der Waals surface area contributed by atoms with Crippen LogP contribution < -0.4 is 16.0 Å². The summed E-state index contributed by atoms with van der Waals surface area (Å²) in [6, 6.07) is 8.31. The number of nitrogens with two attached hydrogens (primary N) is 1. The first kappa shape index (κ1) is 12.7. The summed E-state index contributed by atoms with van der Waals surface area (Å²) < 4.78 is 0. The lowest BCUT2D eigenvalue weighted by Crippen LogP contribution is -2.44. The number of nitrogens with zero attached hydrogens (tertiary/aromatic N) is 1. The van der Waals surface area contributed by atoms with E-state index < -0.39 is 0 Å². The van der Waals surface area contributed by atoms with Gasteiger partial charge in [-0.05, 0) is 37.1 Å². The van der Waals surface area contributed by atoms with Crippen LogP contribution >= 0.6 is 0 Å². The molecule has 0 bridgehead atoms. The topological polar surface area (TPSA) is 58.4 Å². The molecule has 0 aliphatic carbocycles. The van der Waals surface area contributed by atoms with E-state index in [1.807, 2.05) is 19.1 Å². The number of hydrogen-bond donors (Lipinski definition) is 2. The van der Waals surface area contributed by atoms with Crippen molar-refractivity contribution in [3.63, 3.8) is 0 Å². The number of hydrogen-bond acceptors (Lipinski definition) is 3. The van der Waals surface area contributed by atoms with E-state index in [1.54, 1.807) is 0 Å². The average Bonchev–Trinajstić information content (AvgIpc) is 2.40. The molecule has 1 saturated heterocycles. The van der Waals surface area contributed by atoms with Gasteiger partial charge in [-0.1, -0.05) is 6.92 Å². The van der Waals surface area contributed by atoms with E-state index in [0.717, 1.165) is 31.6 Å². The molecule has 1 amide bonds. The number of carbonyl (C=O) groups is 1. The van der Waals surface area contributed by atoms with Crippen molar-refractivity contribution < 1.29 is 4.79 Å². The number of benzene rings is 1. The molecule has 0 unspecified atom stereocenters. The van der Waals surface area contributed by atoms with E-state index in [9.17, 15) is 4.79 Å². The molecule has 0 spiro atoms. The van der Waals surface area contributed by atoms with Crippen molar-refractivity contribution >= 4 is 17.3 Å². The van der Waals surface area contributed by atoms with Crippen LogP contribution in [-0.2, 0) is 4.79 Å². The third-order valence-corrected chi connectivity index (χ3v) is 3.44. The smallest absolute Gasteiger partial charge is 0.219 e. The van der Waals surface area contributed by atoms with Gasteiger partial charge in [-0.25, -0.2) is 0 Å². The van der Waals surface area contributed by atoms with Crippen LogP contribution in [0.2, 0.25) is 0 Å². The Hall–Kier alpha value is -1.71. The summed E-state index contributed by atoms with van der Waals surface area (Å²) in [7, 11) is 0. The molecular weight excluding hydrogens is 226 g/mol. The second-order valence-corrected chi connectivity index (χ2v) is 4.77. The van der Waals surface area contributed by atoms with Crippen LogP contribution in [0, 0.1) is 0 Å². The zero-order chi connectivity index (χ0) is 13.0. The predicted molar refractivity (Wildman–Crippen MR) is 74.5 cm³/mol. The van der Waals surface area contributed by atoms with E-state index in [4.69, 9.17) is 5.73 Å². The minimum Gasteiger partial charge on any atom is -0.399 e. The molecule has 1 aliphatic heterocycles. The molecule has 18 heavy (non-hydrogen) atoms. The predicted octanol–water partition coefficient (Wildman–Crippen LogP) is 1.76. The molecule has 1 heterocycles. The lowest BCUT2D eigenvalue weighted by atomic mass is 10.0. The van der Waals surface area contributed by atoms with Gasteiger partial charge in [0, 0.05) is 36.9 Å². The Labute approximate surface area is 108 Å².